The van der Waals surface area contributed by atoms with E-state index in [1.54, 1.807) is 0 Å². The van der Waals surface area contributed by atoms with Gasteiger partial charge in [-0.1, -0.05) is 0 Å². The Morgan fingerprint density at radius 3 is 2.13 bits per heavy atom. The van der Waals surface area contributed by atoms with Gasteiger partial charge in [0.15, 0.2) is 6.10 Å². The number of nitrogens with zero attached hydrogens (tertiary/aromatic N) is 1. The van der Waals surface area contributed by atoms with E-state index >= 15 is 0 Å². The monoisotopic (exact) mass is 240 g/mol. The van der Waals surface area contributed by atoms with Gasteiger partial charge in [-0.3, -0.25) is 9.35 Å². The van der Waals surface area contributed by atoms with E-state index in [1.807, 2.05) is 21.1 Å². The van der Waals surface area contributed by atoms with E-state index in [2.05, 4.69) is 0 Å². The molecule has 1 N–H and O–H groups in total. The highest BCUT2D eigenvalue weighted by Gasteiger charge is 2.25. The molecule has 0 rings (SSSR count). The van der Waals surface area contributed by atoms with Crippen molar-refractivity contribution in [2.45, 2.75) is 13.0 Å². The number of carbonyl (C=O) groups excluding carboxylic acids is 1. The van der Waals surface area contributed by atoms with Crippen molar-refractivity contribution >= 4 is 16.1 Å². The van der Waals surface area contributed by atoms with Gasteiger partial charge in [0.2, 0.25) is 0 Å². The van der Waals surface area contributed by atoms with Crippen LogP contribution in [0.15, 0.2) is 0 Å². The van der Waals surface area contributed by atoms with Crippen LogP contribution in [0.25, 0.3) is 0 Å². The van der Waals surface area contributed by atoms with Crippen molar-refractivity contribution in [3.8, 4) is 0 Å². The molecule has 15 heavy (non-hydrogen) atoms. The Bertz CT molecular complexity index is 316. The normalized spacial score (nSPS) is 14.7. The van der Waals surface area contributed by atoms with Crippen LogP contribution < -0.4 is 0 Å². The number of ether oxygens (including phenoxy) is 1. The molecule has 0 bridgehead atoms. The summed E-state index contributed by atoms with van der Waals surface area (Å²) in [5.41, 5.74) is 0. The van der Waals surface area contributed by atoms with Crippen LogP contribution in [0.2, 0.25) is 0 Å². The summed E-state index contributed by atoms with van der Waals surface area (Å²) in [6, 6.07) is 0. The average molecular weight is 240 g/mol. The van der Waals surface area contributed by atoms with Crippen molar-refractivity contribution < 1.29 is 27.0 Å². The first kappa shape index (κ1) is 14.3. The summed E-state index contributed by atoms with van der Waals surface area (Å²) >= 11 is 0. The molecule has 0 fully saturated rings. The number of hydrogen-bond donors (Lipinski definition) is 1. The van der Waals surface area contributed by atoms with E-state index in [9.17, 15) is 13.2 Å². The van der Waals surface area contributed by atoms with E-state index in [-0.39, 0.29) is 0 Å². The van der Waals surface area contributed by atoms with Crippen molar-refractivity contribution in [1.82, 2.24) is 0 Å². The molecule has 0 saturated heterocycles. The second kappa shape index (κ2) is 4.91. The first-order chi connectivity index (χ1) is 6.49. The van der Waals surface area contributed by atoms with Gasteiger partial charge in [0, 0.05) is 6.92 Å². The molecule has 0 aromatic heterocycles. The fraction of sp³-hybridized carbons (Fsp3) is 0.875. The first-order valence-corrected chi connectivity index (χ1v) is 6.03. The second-order valence-corrected chi connectivity index (χ2v) is 5.95. The first-order valence-electron chi connectivity index (χ1n) is 4.42. The highest BCUT2D eigenvalue weighted by Crippen LogP contribution is 2.03. The van der Waals surface area contributed by atoms with Crippen LogP contribution in [-0.2, 0) is 19.6 Å². The van der Waals surface area contributed by atoms with E-state index in [0.717, 1.165) is 0 Å². The smallest absolute Gasteiger partial charge is 0.303 e. The van der Waals surface area contributed by atoms with Crippen LogP contribution in [-0.4, -0.2) is 63.0 Å². The molecule has 0 saturated carbocycles. The predicted octanol–water partition coefficient (Wildman–Crippen LogP) is -0.488. The zero-order valence-corrected chi connectivity index (χ0v) is 10.2. The SMILES string of the molecule is CC(=O)OC(C[N+](C)(C)C)CS(=O)(=O)O. The lowest BCUT2D eigenvalue weighted by molar-refractivity contribution is -0.873. The summed E-state index contributed by atoms with van der Waals surface area (Å²) in [5, 5.41) is 0. The lowest BCUT2D eigenvalue weighted by atomic mass is 10.3. The number of carbonyl (C=O) groups is 1. The third-order valence-corrected chi connectivity index (χ3v) is 2.27. The van der Waals surface area contributed by atoms with Crippen LogP contribution in [0.1, 0.15) is 6.92 Å². The number of quaternary nitrogens is 1. The molecule has 7 heteroatoms. The molecule has 0 amide bonds. The molecule has 0 aliphatic heterocycles. The number of likely N-dealkylation sites (N-methyl/N-ethyl adjacent to an activating group) is 1. The van der Waals surface area contributed by atoms with Crippen molar-refractivity contribution in [2.75, 3.05) is 33.4 Å². The minimum absolute atomic E-state index is 0.319. The fourth-order valence-corrected chi connectivity index (χ4v) is 1.85. The lowest BCUT2D eigenvalue weighted by Gasteiger charge is -2.28. The van der Waals surface area contributed by atoms with Gasteiger partial charge < -0.3 is 9.22 Å². The Kier molecular flexibility index (Phi) is 4.69. The zero-order chi connectivity index (χ0) is 12.3. The van der Waals surface area contributed by atoms with Crippen LogP contribution in [0, 0.1) is 0 Å². The molecule has 0 aliphatic rings. The van der Waals surface area contributed by atoms with E-state index < -0.39 is 27.9 Å². The third-order valence-electron chi connectivity index (χ3n) is 1.48. The standard InChI is InChI=1S/C8H17NO5S/c1-7(10)14-8(5-9(2,3)4)6-15(11,12)13/h8H,5-6H2,1-4H3/p+1. The fourth-order valence-electron chi connectivity index (χ4n) is 1.20. The van der Waals surface area contributed by atoms with Crippen molar-refractivity contribution in [1.29, 1.82) is 0 Å². The maximum absolute atomic E-state index is 10.7. The largest absolute Gasteiger partial charge is 0.455 e. The number of rotatable bonds is 5. The van der Waals surface area contributed by atoms with Gasteiger partial charge in [0.05, 0.1) is 21.1 Å². The molecule has 1 atom stereocenters. The van der Waals surface area contributed by atoms with E-state index in [1.165, 1.54) is 6.92 Å². The summed E-state index contributed by atoms with van der Waals surface area (Å²) in [7, 11) is 1.37. The molecule has 0 aromatic rings. The van der Waals surface area contributed by atoms with E-state index in [4.69, 9.17) is 9.29 Å². The van der Waals surface area contributed by atoms with Crippen molar-refractivity contribution in [3.63, 3.8) is 0 Å². The van der Waals surface area contributed by atoms with Crippen molar-refractivity contribution in [3.05, 3.63) is 0 Å². The summed E-state index contributed by atoms with van der Waals surface area (Å²) in [5.74, 6) is -1.13. The Morgan fingerprint density at radius 2 is 1.87 bits per heavy atom. The van der Waals surface area contributed by atoms with E-state index in [0.29, 0.717) is 11.0 Å². The molecule has 0 spiro atoms. The zero-order valence-electron chi connectivity index (χ0n) is 9.43. The Morgan fingerprint density at radius 1 is 1.40 bits per heavy atom. The van der Waals surface area contributed by atoms with Crippen LogP contribution in [0.5, 0.6) is 0 Å². The predicted molar refractivity (Wildman–Crippen MR) is 54.9 cm³/mol. The molecular formula is C8H18NO5S+. The lowest BCUT2D eigenvalue weighted by Crippen LogP contribution is -2.45. The Balaban J connectivity index is 4.53. The summed E-state index contributed by atoms with van der Waals surface area (Å²) in [6.45, 7) is 1.52. The minimum atomic E-state index is -4.13. The highest BCUT2D eigenvalue weighted by atomic mass is 32.2. The Labute approximate surface area is 90.2 Å². The Hall–Kier alpha value is -0.660. The number of hydrogen-bond acceptors (Lipinski definition) is 4. The highest BCUT2D eigenvalue weighted by molar-refractivity contribution is 7.85. The van der Waals surface area contributed by atoms with Crippen LogP contribution in [0.3, 0.4) is 0 Å². The molecule has 90 valence electrons. The van der Waals surface area contributed by atoms with Gasteiger partial charge in [0.25, 0.3) is 10.1 Å². The molecule has 0 heterocycles. The molecule has 0 aromatic carbocycles. The number of esters is 1. The van der Waals surface area contributed by atoms with Crippen LogP contribution >= 0.6 is 0 Å². The molecule has 0 radical (unpaired) electrons. The van der Waals surface area contributed by atoms with Crippen molar-refractivity contribution in [2.24, 2.45) is 0 Å². The molecule has 1 unspecified atom stereocenters. The van der Waals surface area contributed by atoms with Gasteiger partial charge in [-0.2, -0.15) is 8.42 Å². The van der Waals surface area contributed by atoms with Gasteiger partial charge in [0.1, 0.15) is 12.3 Å². The maximum Gasteiger partial charge on any atom is 0.303 e. The van der Waals surface area contributed by atoms with Gasteiger partial charge in [-0.25, -0.2) is 0 Å². The van der Waals surface area contributed by atoms with Gasteiger partial charge >= 0.3 is 5.97 Å². The maximum atomic E-state index is 10.7. The summed E-state index contributed by atoms with van der Waals surface area (Å²) < 4.78 is 35.3. The molecule has 0 aliphatic carbocycles. The average Bonchev–Trinajstić information content (AvgIpc) is 1.73. The second-order valence-electron chi connectivity index (χ2n) is 4.45. The van der Waals surface area contributed by atoms with Crippen LogP contribution in [0.4, 0.5) is 0 Å². The summed E-state index contributed by atoms with van der Waals surface area (Å²) in [4.78, 5) is 10.7. The summed E-state index contributed by atoms with van der Waals surface area (Å²) in [6.07, 6.45) is -0.822. The van der Waals surface area contributed by atoms with Gasteiger partial charge in [-0.05, 0) is 0 Å². The van der Waals surface area contributed by atoms with Gasteiger partial charge in [-0.15, -0.1) is 0 Å². The minimum Gasteiger partial charge on any atom is -0.455 e. The molecule has 6 nitrogen and oxygen atoms in total. The third kappa shape index (κ3) is 9.64. The topological polar surface area (TPSA) is 80.7 Å². The molecular weight excluding hydrogens is 222 g/mol. The quantitative estimate of drug-likeness (QED) is 0.398.